The number of aromatic hydroxyl groups is 2. The molecule has 0 amide bonds. The minimum Gasteiger partial charge on any atom is -0.507 e. The van der Waals surface area contributed by atoms with Gasteiger partial charge in [-0.3, -0.25) is 9.59 Å². The molecule has 13 heteroatoms. The summed E-state index contributed by atoms with van der Waals surface area (Å²) in [7, 11) is 0. The molecule has 0 aliphatic heterocycles. The molecule has 0 unspecified atom stereocenters. The third kappa shape index (κ3) is 10.1. The summed E-state index contributed by atoms with van der Waals surface area (Å²) in [6.07, 6.45) is 3.43. The van der Waals surface area contributed by atoms with Gasteiger partial charge in [-0.1, -0.05) is 167 Å². The quantitative estimate of drug-likeness (QED) is 0.0868. The highest BCUT2D eigenvalue weighted by atomic mass is 32.2. The van der Waals surface area contributed by atoms with Crippen LogP contribution in [0.25, 0.3) is 22.3 Å². The maximum Gasteiger partial charge on any atom is 0.227 e. The lowest BCUT2D eigenvalue weighted by atomic mass is 9.78. The molecule has 10 nitrogen and oxygen atoms in total. The minimum absolute atomic E-state index is 0.217. The standard InChI is InChI=1S/C60H58N6O4S3/c1-57(2,3)43-27-33(28-44(51(43)67)58(4,5)6)31-61-63-49-37-21-15-13-19-35(37)47-39(49)23-17-25-41(47)53(69)71-55-65-66-56(73-55)72-54(70)42-26-18-24-40-48(42)36-20-14-16-22-38(36)50(40)64-62-32-34-29-45(59(7,8)9)52(68)46(30-34)60(10,11)12/h13-32,67-68H,1-12H3/b61-31+,62-32+,63-49+,64-50+. The van der Waals surface area contributed by atoms with Crippen LogP contribution in [0.2, 0.25) is 0 Å². The normalized spacial score (nSPS) is 14.6. The smallest absolute Gasteiger partial charge is 0.227 e. The third-order valence-electron chi connectivity index (χ3n) is 13.0. The fourth-order valence-corrected chi connectivity index (χ4v) is 12.1. The molecule has 0 bridgehead atoms. The van der Waals surface area contributed by atoms with Crippen LogP contribution in [-0.2, 0) is 21.7 Å². The van der Waals surface area contributed by atoms with Gasteiger partial charge in [-0.2, -0.15) is 10.2 Å². The Morgan fingerprint density at radius 1 is 0.466 bits per heavy atom. The van der Waals surface area contributed by atoms with E-state index in [1.807, 2.05) is 109 Å². The first-order chi connectivity index (χ1) is 34.4. The fourth-order valence-electron chi connectivity index (χ4n) is 9.34. The molecule has 0 saturated heterocycles. The SMILES string of the molecule is CC(C)(C)c1cc(/C=N/N=C2\c3ccccc3-c3c(C(=O)Sc4nnc(SC(=O)c5cccc6c5-c5ccccc5/C6=N\N=C\c5cc(C(C)(C)C)c(O)c(C(C)(C)C)c5)s4)cccc32)cc(C(C)(C)C)c1O. The van der Waals surface area contributed by atoms with Crippen molar-refractivity contribution in [3.63, 3.8) is 0 Å². The average molecular weight is 1020 g/mol. The molecule has 0 spiro atoms. The maximum absolute atomic E-state index is 14.3. The number of hydrogen-bond acceptors (Lipinski definition) is 13. The summed E-state index contributed by atoms with van der Waals surface area (Å²) in [6.45, 7) is 24.9. The van der Waals surface area contributed by atoms with Gasteiger partial charge in [0.15, 0.2) is 8.68 Å². The highest BCUT2D eigenvalue weighted by Gasteiger charge is 2.33. The predicted molar refractivity (Wildman–Crippen MR) is 302 cm³/mol. The van der Waals surface area contributed by atoms with Gasteiger partial charge >= 0.3 is 0 Å². The lowest BCUT2D eigenvalue weighted by Crippen LogP contribution is -2.17. The number of carbonyl (C=O) groups is 2. The van der Waals surface area contributed by atoms with Crippen molar-refractivity contribution in [2.45, 2.75) is 113 Å². The monoisotopic (exact) mass is 1020 g/mol. The molecule has 0 fully saturated rings. The van der Waals surface area contributed by atoms with Crippen molar-refractivity contribution in [3.05, 3.63) is 176 Å². The molecule has 2 N–H and O–H groups in total. The van der Waals surface area contributed by atoms with Crippen LogP contribution in [-0.4, -0.2) is 54.5 Å². The van der Waals surface area contributed by atoms with Crippen LogP contribution in [0.4, 0.5) is 0 Å². The fraction of sp³-hybridized carbons (Fsp3) is 0.267. The molecule has 0 atom stereocenters. The molecular formula is C60H58N6O4S3. The molecule has 0 saturated carbocycles. The molecule has 7 aromatic rings. The summed E-state index contributed by atoms with van der Waals surface area (Å²) in [6, 6.07) is 34.8. The van der Waals surface area contributed by atoms with Gasteiger partial charge in [0.05, 0.1) is 12.4 Å². The van der Waals surface area contributed by atoms with Crippen LogP contribution in [0, 0.1) is 0 Å². The Morgan fingerprint density at radius 2 is 0.781 bits per heavy atom. The number of phenolic OH excluding ortho intramolecular Hbond substituents is 2. The Hall–Kier alpha value is -6.80. The van der Waals surface area contributed by atoms with Gasteiger partial charge in [-0.25, -0.2) is 0 Å². The summed E-state index contributed by atoms with van der Waals surface area (Å²) < 4.78 is 0.823. The number of carbonyl (C=O) groups excluding carboxylic acids is 2. The Bertz CT molecular complexity index is 3220. The third-order valence-corrected chi connectivity index (χ3v) is 15.8. The summed E-state index contributed by atoms with van der Waals surface area (Å²) in [4.78, 5) is 28.5. The highest BCUT2D eigenvalue weighted by molar-refractivity contribution is 8.17. The molecule has 6 aromatic carbocycles. The Labute approximate surface area is 440 Å². The van der Waals surface area contributed by atoms with E-state index in [-0.39, 0.29) is 31.9 Å². The van der Waals surface area contributed by atoms with Gasteiger partial charge in [0, 0.05) is 66.8 Å². The van der Waals surface area contributed by atoms with Crippen molar-refractivity contribution < 1.29 is 19.8 Å². The van der Waals surface area contributed by atoms with E-state index in [4.69, 9.17) is 10.2 Å². The molecule has 2 aliphatic carbocycles. The predicted octanol–water partition coefficient (Wildman–Crippen LogP) is 14.7. The number of fused-ring (bicyclic) bond motifs is 6. The van der Waals surface area contributed by atoms with Gasteiger partial charge in [-0.05, 0) is 104 Å². The number of rotatable bonds is 8. The number of thioether (sulfide) groups is 2. The minimum atomic E-state index is -0.294. The van der Waals surface area contributed by atoms with Crippen molar-refractivity contribution >= 4 is 68.9 Å². The van der Waals surface area contributed by atoms with Gasteiger partial charge < -0.3 is 10.2 Å². The molecule has 0 radical (unpaired) electrons. The summed E-state index contributed by atoms with van der Waals surface area (Å²) in [5.41, 5.74) is 12.7. The van der Waals surface area contributed by atoms with Crippen LogP contribution in [0.5, 0.6) is 11.5 Å². The zero-order chi connectivity index (χ0) is 52.4. The number of phenols is 2. The van der Waals surface area contributed by atoms with Crippen molar-refractivity contribution in [1.29, 1.82) is 0 Å². The summed E-state index contributed by atoms with van der Waals surface area (Å²) >= 11 is 3.14. The van der Waals surface area contributed by atoms with E-state index in [0.717, 1.165) is 101 Å². The lowest BCUT2D eigenvalue weighted by Gasteiger charge is -2.27. The van der Waals surface area contributed by atoms with E-state index in [2.05, 4.69) is 103 Å². The molecule has 370 valence electrons. The molecule has 1 heterocycles. The number of benzene rings is 6. The summed E-state index contributed by atoms with van der Waals surface area (Å²) in [5, 5.41) is 49.5. The van der Waals surface area contributed by atoms with E-state index in [9.17, 15) is 19.8 Å². The number of nitrogens with zero attached hydrogens (tertiary/aromatic N) is 6. The Kier molecular flexibility index (Phi) is 13.5. The van der Waals surface area contributed by atoms with Gasteiger partial charge in [0.25, 0.3) is 0 Å². The topological polar surface area (TPSA) is 150 Å². The van der Waals surface area contributed by atoms with Crippen molar-refractivity contribution in [3.8, 4) is 33.8 Å². The first-order valence-corrected chi connectivity index (χ1v) is 26.6. The van der Waals surface area contributed by atoms with Gasteiger partial charge in [-0.15, -0.1) is 20.4 Å². The van der Waals surface area contributed by atoms with Crippen LogP contribution in [0.15, 0.2) is 138 Å². The molecule has 2 aliphatic rings. The van der Waals surface area contributed by atoms with E-state index < -0.39 is 0 Å². The lowest BCUT2D eigenvalue weighted by molar-refractivity contribution is 0.108. The van der Waals surface area contributed by atoms with Crippen molar-refractivity contribution in [2.75, 3.05) is 0 Å². The van der Waals surface area contributed by atoms with Gasteiger partial charge in [0.2, 0.25) is 10.2 Å². The van der Waals surface area contributed by atoms with Crippen molar-refractivity contribution in [2.24, 2.45) is 20.4 Å². The first kappa shape index (κ1) is 51.1. The second kappa shape index (κ2) is 19.2. The van der Waals surface area contributed by atoms with E-state index >= 15 is 0 Å². The first-order valence-electron chi connectivity index (χ1n) is 24.1. The van der Waals surface area contributed by atoms with Crippen molar-refractivity contribution in [1.82, 2.24) is 10.2 Å². The Morgan fingerprint density at radius 3 is 1.11 bits per heavy atom. The van der Waals surface area contributed by atoms with Crippen LogP contribution in [0.1, 0.15) is 159 Å². The van der Waals surface area contributed by atoms with Gasteiger partial charge in [0.1, 0.15) is 22.9 Å². The van der Waals surface area contributed by atoms with Crippen LogP contribution >= 0.6 is 34.9 Å². The summed E-state index contributed by atoms with van der Waals surface area (Å²) in [5.74, 6) is 0.606. The second-order valence-electron chi connectivity index (χ2n) is 22.5. The van der Waals surface area contributed by atoms with Crippen LogP contribution in [0.3, 0.4) is 0 Å². The number of aromatic nitrogens is 2. The van der Waals surface area contributed by atoms with E-state index in [0.29, 0.717) is 42.7 Å². The second-order valence-corrected chi connectivity index (χ2v) is 25.9. The maximum atomic E-state index is 14.3. The van der Waals surface area contributed by atoms with E-state index in [1.165, 1.54) is 11.3 Å². The zero-order valence-corrected chi connectivity index (χ0v) is 45.6. The molecular weight excluding hydrogens is 965 g/mol. The largest absolute Gasteiger partial charge is 0.507 e. The van der Waals surface area contributed by atoms with Crippen LogP contribution < -0.4 is 0 Å². The van der Waals surface area contributed by atoms with E-state index in [1.54, 1.807) is 12.4 Å². The zero-order valence-electron chi connectivity index (χ0n) is 43.2. The highest BCUT2D eigenvalue weighted by Crippen LogP contribution is 2.45. The Balaban J connectivity index is 0.955. The molecule has 9 rings (SSSR count). The molecule has 73 heavy (non-hydrogen) atoms. The average Bonchev–Trinajstić information content (AvgIpc) is 4.00. The number of hydrogen-bond donors (Lipinski definition) is 2. The molecule has 1 aromatic heterocycles.